The summed E-state index contributed by atoms with van der Waals surface area (Å²) in [4.78, 5) is 4.61. The molecule has 5 rings (SSSR count). The fraction of sp³-hybridized carbons (Fsp3) is 0.111. The van der Waals surface area contributed by atoms with Crippen LogP contribution in [0.3, 0.4) is 0 Å². The number of hydrogen-bond donors (Lipinski definition) is 0. The number of hydrogen-bond acceptors (Lipinski definition) is 3. The van der Waals surface area contributed by atoms with Gasteiger partial charge in [-0.1, -0.05) is 46.3 Å². The van der Waals surface area contributed by atoms with Crippen molar-refractivity contribution in [2.75, 3.05) is 0 Å². The third-order valence-electron chi connectivity index (χ3n) is 5.59. The van der Waals surface area contributed by atoms with Crippen LogP contribution in [0.2, 0.25) is 0 Å². The molecular weight excluding hydrogens is 519 g/mol. The molecule has 0 spiro atoms. The van der Waals surface area contributed by atoms with Crippen LogP contribution in [-0.4, -0.2) is 14.8 Å². The first-order chi connectivity index (χ1) is 16.8. The van der Waals surface area contributed by atoms with Crippen LogP contribution in [-0.2, 0) is 12.8 Å². The molecule has 2 heterocycles. The molecule has 35 heavy (non-hydrogen) atoms. The fourth-order valence-corrected chi connectivity index (χ4v) is 4.15. The zero-order valence-electron chi connectivity index (χ0n) is 18.6. The number of fused-ring (bicyclic) bond motifs is 1. The highest BCUT2D eigenvalue weighted by atomic mass is 79.9. The van der Waals surface area contributed by atoms with Gasteiger partial charge in [0.05, 0.1) is 28.0 Å². The van der Waals surface area contributed by atoms with Gasteiger partial charge in [0, 0.05) is 10.0 Å². The Morgan fingerprint density at radius 3 is 2.26 bits per heavy atom. The minimum atomic E-state index is -4.56. The summed E-state index contributed by atoms with van der Waals surface area (Å²) in [6.45, 7) is 1.96. The van der Waals surface area contributed by atoms with Crippen LogP contribution in [0.1, 0.15) is 16.8 Å². The molecule has 0 saturated heterocycles. The maximum atomic E-state index is 14.1. The lowest BCUT2D eigenvalue weighted by molar-refractivity contribution is -0.136. The molecule has 0 atom stereocenters. The van der Waals surface area contributed by atoms with E-state index in [4.69, 9.17) is 4.74 Å². The van der Waals surface area contributed by atoms with Crippen LogP contribution in [0.25, 0.3) is 28.0 Å². The van der Waals surface area contributed by atoms with Gasteiger partial charge in [-0.3, -0.25) is 0 Å². The lowest BCUT2D eigenvalue weighted by Crippen LogP contribution is -2.08. The third-order valence-corrected chi connectivity index (χ3v) is 6.12. The van der Waals surface area contributed by atoms with Crippen LogP contribution in [0, 0.1) is 6.92 Å². The number of nitrogens with zero attached hydrogens (tertiary/aromatic N) is 3. The fourth-order valence-electron chi connectivity index (χ4n) is 3.89. The highest BCUT2D eigenvalue weighted by Gasteiger charge is 2.35. The SMILES string of the molecule is Cc1nn(-c2ccc(Br)cc2)c2nc(-c3ccc(OCc4ccccc4)cc3)cc(C(F)(F)F)c12. The quantitative estimate of drug-likeness (QED) is 0.230. The Balaban J connectivity index is 1.56. The van der Waals surface area contributed by atoms with Crippen LogP contribution >= 0.6 is 15.9 Å². The van der Waals surface area contributed by atoms with Crippen LogP contribution in [0.15, 0.2) is 89.4 Å². The van der Waals surface area contributed by atoms with Crippen molar-refractivity contribution in [1.29, 1.82) is 0 Å². The lowest BCUT2D eigenvalue weighted by Gasteiger charge is -2.12. The number of benzene rings is 3. The largest absolute Gasteiger partial charge is 0.489 e. The minimum absolute atomic E-state index is 0.00742. The topological polar surface area (TPSA) is 39.9 Å². The molecule has 0 radical (unpaired) electrons. The highest BCUT2D eigenvalue weighted by molar-refractivity contribution is 9.10. The summed E-state index contributed by atoms with van der Waals surface area (Å²) >= 11 is 3.38. The van der Waals surface area contributed by atoms with Gasteiger partial charge in [0.2, 0.25) is 0 Å². The normalized spacial score (nSPS) is 11.7. The molecule has 0 aliphatic heterocycles. The van der Waals surface area contributed by atoms with Crippen LogP contribution in [0.4, 0.5) is 13.2 Å². The van der Waals surface area contributed by atoms with E-state index in [2.05, 4.69) is 26.0 Å². The van der Waals surface area contributed by atoms with Gasteiger partial charge >= 0.3 is 6.18 Å². The van der Waals surface area contributed by atoms with Crippen molar-refractivity contribution >= 4 is 27.0 Å². The molecule has 0 bridgehead atoms. The van der Waals surface area contributed by atoms with Gasteiger partial charge in [-0.05, 0) is 67.1 Å². The van der Waals surface area contributed by atoms with Gasteiger partial charge in [0.1, 0.15) is 12.4 Å². The standard InChI is InChI=1S/C27H19BrF3N3O/c1-17-25-23(27(29,30)31)15-24(32-26(25)34(33-17)21-11-9-20(28)10-12-21)19-7-13-22(14-8-19)35-16-18-5-3-2-4-6-18/h2-15H,16H2,1H3. The summed E-state index contributed by atoms with van der Waals surface area (Å²) in [5, 5.41) is 4.38. The van der Waals surface area contributed by atoms with E-state index in [9.17, 15) is 13.2 Å². The van der Waals surface area contributed by atoms with Gasteiger partial charge in [0.25, 0.3) is 0 Å². The van der Waals surface area contributed by atoms with E-state index in [1.165, 1.54) is 4.68 Å². The molecule has 0 unspecified atom stereocenters. The van der Waals surface area contributed by atoms with Crippen molar-refractivity contribution in [3.63, 3.8) is 0 Å². The molecule has 0 saturated carbocycles. The monoisotopic (exact) mass is 537 g/mol. The van der Waals surface area contributed by atoms with Gasteiger partial charge < -0.3 is 4.74 Å². The number of alkyl halides is 3. The average molecular weight is 538 g/mol. The molecule has 0 aliphatic carbocycles. The molecule has 0 N–H and O–H groups in total. The zero-order chi connectivity index (χ0) is 24.6. The Morgan fingerprint density at radius 2 is 1.60 bits per heavy atom. The summed E-state index contributed by atoms with van der Waals surface area (Å²) in [6.07, 6.45) is -4.56. The van der Waals surface area contributed by atoms with E-state index < -0.39 is 11.7 Å². The number of rotatable bonds is 5. The van der Waals surface area contributed by atoms with Gasteiger partial charge in [-0.2, -0.15) is 18.3 Å². The summed E-state index contributed by atoms with van der Waals surface area (Å²) in [6, 6.07) is 24.8. The number of pyridine rings is 1. The van der Waals surface area contributed by atoms with Crippen molar-refractivity contribution in [2.45, 2.75) is 19.7 Å². The van der Waals surface area contributed by atoms with Gasteiger partial charge in [-0.25, -0.2) is 9.67 Å². The van der Waals surface area contributed by atoms with E-state index in [0.29, 0.717) is 23.6 Å². The number of aromatic nitrogens is 3. The van der Waals surface area contributed by atoms with E-state index >= 15 is 0 Å². The maximum Gasteiger partial charge on any atom is 0.417 e. The molecule has 2 aromatic heterocycles. The van der Waals surface area contributed by atoms with Crippen LogP contribution in [0.5, 0.6) is 5.75 Å². The molecule has 0 aliphatic rings. The first-order valence-electron chi connectivity index (χ1n) is 10.8. The summed E-state index contributed by atoms with van der Waals surface area (Å²) < 4.78 is 50.4. The number of aryl methyl sites for hydroxylation is 1. The summed E-state index contributed by atoms with van der Waals surface area (Å²) in [5.41, 5.74) is 2.05. The Labute approximate surface area is 208 Å². The number of halogens is 4. The molecular formula is C27H19BrF3N3O. The Kier molecular flexibility index (Phi) is 6.06. The second-order valence-electron chi connectivity index (χ2n) is 8.02. The van der Waals surface area contributed by atoms with E-state index in [1.807, 2.05) is 30.3 Å². The first-order valence-corrected chi connectivity index (χ1v) is 11.6. The van der Waals surface area contributed by atoms with Gasteiger partial charge in [0.15, 0.2) is 5.65 Å². The van der Waals surface area contributed by atoms with Crippen molar-refractivity contribution < 1.29 is 17.9 Å². The maximum absolute atomic E-state index is 14.1. The van der Waals surface area contributed by atoms with E-state index in [0.717, 1.165) is 16.1 Å². The summed E-state index contributed by atoms with van der Waals surface area (Å²) in [5.74, 6) is 0.616. The molecule has 4 nitrogen and oxygen atoms in total. The second-order valence-corrected chi connectivity index (χ2v) is 8.94. The van der Waals surface area contributed by atoms with Crippen molar-refractivity contribution in [3.05, 3.63) is 106 Å². The van der Waals surface area contributed by atoms with E-state index in [-0.39, 0.29) is 22.4 Å². The molecule has 0 fully saturated rings. The Bertz CT molecular complexity index is 1480. The highest BCUT2D eigenvalue weighted by Crippen LogP contribution is 2.39. The Morgan fingerprint density at radius 1 is 0.914 bits per heavy atom. The van der Waals surface area contributed by atoms with Crippen molar-refractivity contribution in [2.24, 2.45) is 0 Å². The first kappa shape index (κ1) is 23.1. The van der Waals surface area contributed by atoms with E-state index in [1.54, 1.807) is 55.5 Å². The molecule has 176 valence electrons. The second kappa shape index (κ2) is 9.19. The molecule has 5 aromatic rings. The molecule has 0 amide bonds. The summed E-state index contributed by atoms with van der Waals surface area (Å²) in [7, 11) is 0. The predicted molar refractivity (Wildman–Crippen MR) is 133 cm³/mol. The predicted octanol–water partition coefficient (Wildman–Crippen LogP) is 7.76. The zero-order valence-corrected chi connectivity index (χ0v) is 20.1. The third kappa shape index (κ3) is 4.79. The van der Waals surface area contributed by atoms with Crippen molar-refractivity contribution in [3.8, 4) is 22.7 Å². The average Bonchev–Trinajstić information content (AvgIpc) is 3.19. The van der Waals surface area contributed by atoms with Crippen LogP contribution < -0.4 is 4.74 Å². The van der Waals surface area contributed by atoms with Gasteiger partial charge in [-0.15, -0.1) is 0 Å². The number of ether oxygens (including phenoxy) is 1. The molecule has 8 heteroatoms. The van der Waals surface area contributed by atoms with Crippen molar-refractivity contribution in [1.82, 2.24) is 14.8 Å². The Hall–Kier alpha value is -3.65. The smallest absolute Gasteiger partial charge is 0.417 e. The minimum Gasteiger partial charge on any atom is -0.489 e. The lowest BCUT2D eigenvalue weighted by atomic mass is 10.0. The molecule has 3 aromatic carbocycles.